The molecule has 0 aliphatic rings. The molecule has 1 aromatic carbocycles. The van der Waals surface area contributed by atoms with Gasteiger partial charge in [0, 0.05) is 18.3 Å². The van der Waals surface area contributed by atoms with Gasteiger partial charge in [-0.3, -0.25) is 0 Å². The Morgan fingerprint density at radius 1 is 1.18 bits per heavy atom. The van der Waals surface area contributed by atoms with E-state index in [1.165, 1.54) is 0 Å². The van der Waals surface area contributed by atoms with E-state index < -0.39 is 11.9 Å². The van der Waals surface area contributed by atoms with Gasteiger partial charge in [-0.05, 0) is 24.3 Å². The molecule has 0 bridgehead atoms. The third kappa shape index (κ3) is 2.41. The number of alkyl halides is 3. The van der Waals surface area contributed by atoms with Crippen molar-refractivity contribution in [3.63, 3.8) is 0 Å². The summed E-state index contributed by atoms with van der Waals surface area (Å²) in [6.45, 7) is 0. The third-order valence-electron chi connectivity index (χ3n) is 2.33. The topological polar surface area (TPSA) is 40.7 Å². The highest BCUT2D eigenvalue weighted by Gasteiger charge is 2.32. The number of nitrogens with one attached hydrogen (secondary N) is 2. The first kappa shape index (κ1) is 11.5. The smallest absolute Gasteiger partial charge is 0.388 e. The van der Waals surface area contributed by atoms with E-state index in [0.29, 0.717) is 5.56 Å². The largest absolute Gasteiger partial charge is 0.432 e. The van der Waals surface area contributed by atoms with Crippen LogP contribution in [0.1, 0.15) is 5.69 Å². The van der Waals surface area contributed by atoms with Crippen molar-refractivity contribution in [3.8, 4) is 11.4 Å². The molecule has 2 rings (SSSR count). The Bertz CT molecular complexity index is 499. The van der Waals surface area contributed by atoms with Crippen molar-refractivity contribution in [2.45, 2.75) is 6.18 Å². The first-order valence-electron chi connectivity index (χ1n) is 4.91. The van der Waals surface area contributed by atoms with Crippen LogP contribution in [0.3, 0.4) is 0 Å². The molecule has 0 radical (unpaired) electrons. The average Bonchev–Trinajstić information content (AvgIpc) is 2.78. The fourth-order valence-electron chi connectivity index (χ4n) is 1.41. The average molecular weight is 241 g/mol. The molecule has 0 unspecified atom stereocenters. The normalized spacial score (nSPS) is 11.5. The van der Waals surface area contributed by atoms with Gasteiger partial charge in [0.25, 0.3) is 0 Å². The Morgan fingerprint density at radius 2 is 1.82 bits per heavy atom. The molecule has 3 nitrogen and oxygen atoms in total. The van der Waals surface area contributed by atoms with Gasteiger partial charge >= 0.3 is 6.18 Å². The predicted octanol–water partition coefficient (Wildman–Crippen LogP) is 3.14. The Hall–Kier alpha value is -1.98. The summed E-state index contributed by atoms with van der Waals surface area (Å²) in [5.41, 5.74) is 0.654. The van der Waals surface area contributed by atoms with Gasteiger partial charge in [0.15, 0.2) is 0 Å². The molecule has 1 aromatic heterocycles. The lowest BCUT2D eigenvalue weighted by Gasteiger charge is -2.02. The SMILES string of the molecule is CNc1ccc(-c2ncc(C(F)(F)F)[nH]2)cc1. The summed E-state index contributed by atoms with van der Waals surface area (Å²) in [5, 5.41) is 2.92. The van der Waals surface area contributed by atoms with E-state index in [2.05, 4.69) is 15.3 Å². The molecular formula is C11H10F3N3. The molecule has 1 heterocycles. The highest BCUT2D eigenvalue weighted by molar-refractivity contribution is 5.59. The number of aromatic nitrogens is 2. The number of halogens is 3. The molecule has 0 spiro atoms. The summed E-state index contributed by atoms with van der Waals surface area (Å²) >= 11 is 0. The van der Waals surface area contributed by atoms with E-state index in [0.717, 1.165) is 11.9 Å². The molecule has 0 saturated carbocycles. The second kappa shape index (κ2) is 4.12. The number of hydrogen-bond acceptors (Lipinski definition) is 2. The Morgan fingerprint density at radius 3 is 2.29 bits per heavy atom. The molecule has 0 fully saturated rings. The highest BCUT2D eigenvalue weighted by Crippen LogP contribution is 2.29. The number of rotatable bonds is 2. The van der Waals surface area contributed by atoms with Crippen LogP contribution in [-0.2, 0) is 6.18 Å². The number of hydrogen-bond donors (Lipinski definition) is 2. The van der Waals surface area contributed by atoms with Gasteiger partial charge < -0.3 is 10.3 Å². The first-order chi connectivity index (χ1) is 8.00. The van der Waals surface area contributed by atoms with E-state index >= 15 is 0 Å². The minimum Gasteiger partial charge on any atom is -0.388 e. The highest BCUT2D eigenvalue weighted by atomic mass is 19.4. The zero-order valence-corrected chi connectivity index (χ0v) is 8.97. The summed E-state index contributed by atoms with van der Waals surface area (Å²) in [6.07, 6.45) is -3.60. The van der Waals surface area contributed by atoms with Crippen molar-refractivity contribution in [2.75, 3.05) is 12.4 Å². The molecule has 0 atom stereocenters. The predicted molar refractivity (Wildman–Crippen MR) is 58.6 cm³/mol. The first-order valence-corrected chi connectivity index (χ1v) is 4.91. The fourth-order valence-corrected chi connectivity index (χ4v) is 1.41. The van der Waals surface area contributed by atoms with Crippen LogP contribution in [-0.4, -0.2) is 17.0 Å². The Balaban J connectivity index is 2.30. The molecule has 2 N–H and O–H groups in total. The summed E-state index contributed by atoms with van der Waals surface area (Å²) in [4.78, 5) is 5.96. The van der Waals surface area contributed by atoms with E-state index in [4.69, 9.17) is 0 Å². The number of nitrogens with zero attached hydrogens (tertiary/aromatic N) is 1. The molecule has 0 aliphatic heterocycles. The monoisotopic (exact) mass is 241 g/mol. The molecular weight excluding hydrogens is 231 g/mol. The Labute approximate surface area is 95.7 Å². The second-order valence-corrected chi connectivity index (χ2v) is 3.47. The third-order valence-corrected chi connectivity index (χ3v) is 2.33. The zero-order valence-electron chi connectivity index (χ0n) is 8.97. The van der Waals surface area contributed by atoms with Crippen LogP contribution in [0.4, 0.5) is 18.9 Å². The van der Waals surface area contributed by atoms with Crippen LogP contribution < -0.4 is 5.32 Å². The van der Waals surface area contributed by atoms with Crippen LogP contribution in [0.25, 0.3) is 11.4 Å². The molecule has 0 aliphatic carbocycles. The van der Waals surface area contributed by atoms with Gasteiger partial charge in [-0.1, -0.05) is 0 Å². The minimum atomic E-state index is -4.39. The maximum absolute atomic E-state index is 12.4. The van der Waals surface area contributed by atoms with Gasteiger partial charge in [-0.15, -0.1) is 0 Å². The number of aromatic amines is 1. The lowest BCUT2D eigenvalue weighted by atomic mass is 10.2. The standard InChI is InChI=1S/C11H10F3N3/c1-15-8-4-2-7(3-5-8)10-16-6-9(17-10)11(12,13)14/h2-6,15H,1H3,(H,16,17). The maximum Gasteiger partial charge on any atom is 0.432 e. The Kier molecular flexibility index (Phi) is 2.79. The lowest BCUT2D eigenvalue weighted by molar-refractivity contribution is -0.140. The van der Waals surface area contributed by atoms with Gasteiger partial charge in [0.2, 0.25) is 0 Å². The van der Waals surface area contributed by atoms with E-state index in [9.17, 15) is 13.2 Å². The molecule has 2 aromatic rings. The van der Waals surface area contributed by atoms with Gasteiger partial charge in [-0.2, -0.15) is 13.2 Å². The summed E-state index contributed by atoms with van der Waals surface area (Å²) in [6, 6.07) is 6.94. The maximum atomic E-state index is 12.4. The van der Waals surface area contributed by atoms with Crippen molar-refractivity contribution in [1.29, 1.82) is 0 Å². The van der Waals surface area contributed by atoms with Gasteiger partial charge in [-0.25, -0.2) is 4.98 Å². The van der Waals surface area contributed by atoms with Crippen molar-refractivity contribution in [2.24, 2.45) is 0 Å². The van der Waals surface area contributed by atoms with Crippen molar-refractivity contribution in [1.82, 2.24) is 9.97 Å². The summed E-state index contributed by atoms with van der Waals surface area (Å²) < 4.78 is 37.1. The van der Waals surface area contributed by atoms with Crippen molar-refractivity contribution < 1.29 is 13.2 Å². The molecule has 90 valence electrons. The summed E-state index contributed by atoms with van der Waals surface area (Å²) in [5.74, 6) is 0.208. The van der Waals surface area contributed by atoms with Crippen molar-refractivity contribution in [3.05, 3.63) is 36.2 Å². The quantitative estimate of drug-likeness (QED) is 0.848. The lowest BCUT2D eigenvalue weighted by Crippen LogP contribution is -2.04. The number of imidazole rings is 1. The van der Waals surface area contributed by atoms with Gasteiger partial charge in [0.1, 0.15) is 11.5 Å². The molecule has 6 heteroatoms. The molecule has 0 saturated heterocycles. The van der Waals surface area contributed by atoms with Gasteiger partial charge in [0.05, 0.1) is 6.20 Å². The fraction of sp³-hybridized carbons (Fsp3) is 0.182. The molecule has 17 heavy (non-hydrogen) atoms. The minimum absolute atomic E-state index is 0.208. The number of H-pyrrole nitrogens is 1. The van der Waals surface area contributed by atoms with Crippen LogP contribution in [0.15, 0.2) is 30.5 Å². The van der Waals surface area contributed by atoms with E-state index in [1.807, 2.05) is 0 Å². The van der Waals surface area contributed by atoms with Crippen LogP contribution >= 0.6 is 0 Å². The van der Waals surface area contributed by atoms with Crippen LogP contribution in [0.2, 0.25) is 0 Å². The number of benzene rings is 1. The number of anilines is 1. The molecule has 0 amide bonds. The van der Waals surface area contributed by atoms with Crippen molar-refractivity contribution >= 4 is 5.69 Å². The second-order valence-electron chi connectivity index (χ2n) is 3.47. The van der Waals surface area contributed by atoms with E-state index in [1.54, 1.807) is 31.3 Å². The van der Waals surface area contributed by atoms with Crippen LogP contribution in [0, 0.1) is 0 Å². The van der Waals surface area contributed by atoms with E-state index in [-0.39, 0.29) is 5.82 Å². The zero-order chi connectivity index (χ0) is 12.5. The van der Waals surface area contributed by atoms with Crippen LogP contribution in [0.5, 0.6) is 0 Å². The summed E-state index contributed by atoms with van der Waals surface area (Å²) in [7, 11) is 1.77.